The van der Waals surface area contributed by atoms with Gasteiger partial charge < -0.3 is 10.5 Å². The highest BCUT2D eigenvalue weighted by Crippen LogP contribution is 2.25. The number of nitrogens with two attached hydrogens (primary N) is 1. The van der Waals surface area contributed by atoms with Crippen LogP contribution < -0.4 is 5.73 Å². The van der Waals surface area contributed by atoms with Gasteiger partial charge in [-0.25, -0.2) is 8.42 Å². The summed E-state index contributed by atoms with van der Waals surface area (Å²) in [6.45, 7) is 0.703. The van der Waals surface area contributed by atoms with Crippen molar-refractivity contribution in [1.29, 1.82) is 0 Å². The first kappa shape index (κ1) is 14.8. The summed E-state index contributed by atoms with van der Waals surface area (Å²) >= 11 is 0. The molecule has 0 saturated heterocycles. The minimum atomic E-state index is -3.45. The molecule has 1 aliphatic rings. The van der Waals surface area contributed by atoms with Gasteiger partial charge in [-0.2, -0.15) is 4.31 Å². The van der Waals surface area contributed by atoms with E-state index < -0.39 is 16.0 Å². The van der Waals surface area contributed by atoms with Gasteiger partial charge in [0.25, 0.3) is 0 Å². The zero-order valence-electron chi connectivity index (χ0n) is 11.3. The molecule has 0 bridgehead atoms. The Hall–Kier alpha value is -1.60. The molecule has 0 aromatic heterocycles. The van der Waals surface area contributed by atoms with Gasteiger partial charge in [-0.05, 0) is 23.6 Å². The minimum Gasteiger partial charge on any atom is -0.469 e. The Morgan fingerprint density at radius 3 is 2.90 bits per heavy atom. The molecule has 2 rings (SSSR count). The Bertz CT molecular complexity index is 613. The molecule has 0 aliphatic carbocycles. The van der Waals surface area contributed by atoms with E-state index in [1.165, 1.54) is 11.4 Å². The highest BCUT2D eigenvalue weighted by Gasteiger charge is 2.27. The van der Waals surface area contributed by atoms with Crippen LogP contribution in [-0.4, -0.2) is 38.1 Å². The van der Waals surface area contributed by atoms with E-state index in [4.69, 9.17) is 5.73 Å². The Morgan fingerprint density at radius 1 is 1.45 bits per heavy atom. The molecule has 0 radical (unpaired) electrons. The van der Waals surface area contributed by atoms with Crippen molar-refractivity contribution in [3.05, 3.63) is 29.3 Å². The van der Waals surface area contributed by atoms with E-state index in [1.807, 2.05) is 18.2 Å². The summed E-state index contributed by atoms with van der Waals surface area (Å²) in [4.78, 5) is 11.1. The van der Waals surface area contributed by atoms with Crippen molar-refractivity contribution in [3.63, 3.8) is 0 Å². The molecule has 1 aromatic carbocycles. The van der Waals surface area contributed by atoms with Gasteiger partial charge >= 0.3 is 5.97 Å². The highest BCUT2D eigenvalue weighted by molar-refractivity contribution is 7.89. The zero-order valence-corrected chi connectivity index (χ0v) is 12.1. The predicted octanol–water partition coefficient (Wildman–Crippen LogP) is 0.520. The molecule has 6 nitrogen and oxygen atoms in total. The third-order valence-corrected chi connectivity index (χ3v) is 5.27. The molecule has 0 amide bonds. The number of hydrogen-bond acceptors (Lipinski definition) is 5. The number of nitrogen functional groups attached to an aromatic ring is 1. The second-order valence-electron chi connectivity index (χ2n) is 4.71. The summed E-state index contributed by atoms with van der Waals surface area (Å²) in [7, 11) is -2.21. The number of ether oxygens (including phenoxy) is 1. The van der Waals surface area contributed by atoms with Gasteiger partial charge in [0.1, 0.15) is 0 Å². The second kappa shape index (κ2) is 5.80. The highest BCUT2D eigenvalue weighted by atomic mass is 32.2. The van der Waals surface area contributed by atoms with Crippen LogP contribution in [0.25, 0.3) is 0 Å². The molecule has 20 heavy (non-hydrogen) atoms. The third-order valence-electron chi connectivity index (χ3n) is 3.45. The van der Waals surface area contributed by atoms with Crippen LogP contribution in [-0.2, 0) is 32.5 Å². The molecule has 0 atom stereocenters. The number of methoxy groups -OCH3 is 1. The topological polar surface area (TPSA) is 89.7 Å². The number of hydrogen-bond donors (Lipinski definition) is 1. The van der Waals surface area contributed by atoms with E-state index in [0.29, 0.717) is 25.2 Å². The summed E-state index contributed by atoms with van der Waals surface area (Å²) in [5.41, 5.74) is 8.53. The molecule has 1 aromatic rings. The summed E-state index contributed by atoms with van der Waals surface area (Å²) < 4.78 is 30.2. The lowest BCUT2D eigenvalue weighted by Crippen LogP contribution is -2.38. The van der Waals surface area contributed by atoms with Crippen LogP contribution in [0.4, 0.5) is 5.69 Å². The molecule has 1 heterocycles. The molecule has 7 heteroatoms. The molecule has 2 N–H and O–H groups in total. The van der Waals surface area contributed by atoms with Crippen LogP contribution >= 0.6 is 0 Å². The first-order valence-corrected chi connectivity index (χ1v) is 7.96. The number of benzene rings is 1. The Morgan fingerprint density at radius 2 is 2.20 bits per heavy atom. The predicted molar refractivity (Wildman–Crippen MR) is 75.4 cm³/mol. The lowest BCUT2D eigenvalue weighted by Gasteiger charge is -2.28. The third kappa shape index (κ3) is 3.10. The molecule has 0 fully saturated rings. The Balaban J connectivity index is 2.10. The first-order valence-electron chi connectivity index (χ1n) is 6.35. The van der Waals surface area contributed by atoms with Gasteiger partial charge in [0.15, 0.2) is 0 Å². The van der Waals surface area contributed by atoms with Crippen molar-refractivity contribution in [3.8, 4) is 0 Å². The zero-order chi connectivity index (χ0) is 14.8. The maximum atomic E-state index is 12.2. The quantitative estimate of drug-likeness (QED) is 0.646. The number of rotatable bonds is 4. The molecule has 0 spiro atoms. The largest absolute Gasteiger partial charge is 0.469 e. The van der Waals surface area contributed by atoms with Crippen molar-refractivity contribution in [2.45, 2.75) is 19.4 Å². The van der Waals surface area contributed by atoms with Crippen LogP contribution in [0.1, 0.15) is 17.5 Å². The number of esters is 1. The molecule has 1 aliphatic heterocycles. The van der Waals surface area contributed by atoms with Gasteiger partial charge in [0.05, 0.1) is 19.3 Å². The van der Waals surface area contributed by atoms with Crippen molar-refractivity contribution in [2.24, 2.45) is 0 Å². The summed E-state index contributed by atoms with van der Waals surface area (Å²) in [6, 6.07) is 5.52. The monoisotopic (exact) mass is 298 g/mol. The number of sulfonamides is 1. The van der Waals surface area contributed by atoms with Gasteiger partial charge in [-0.3, -0.25) is 4.79 Å². The molecule has 0 unspecified atom stereocenters. The van der Waals surface area contributed by atoms with Gasteiger partial charge in [-0.1, -0.05) is 12.1 Å². The second-order valence-corrected chi connectivity index (χ2v) is 6.80. The van der Waals surface area contributed by atoms with E-state index in [-0.39, 0.29) is 12.2 Å². The lowest BCUT2D eigenvalue weighted by atomic mass is 9.99. The van der Waals surface area contributed by atoms with Crippen LogP contribution in [0.15, 0.2) is 18.2 Å². The maximum absolute atomic E-state index is 12.2. The van der Waals surface area contributed by atoms with Crippen molar-refractivity contribution in [2.75, 3.05) is 25.1 Å². The van der Waals surface area contributed by atoms with Crippen molar-refractivity contribution < 1.29 is 17.9 Å². The fourth-order valence-electron chi connectivity index (χ4n) is 2.29. The van der Waals surface area contributed by atoms with E-state index >= 15 is 0 Å². The average molecular weight is 298 g/mol. The number of fused-ring (bicyclic) bond motifs is 1. The van der Waals surface area contributed by atoms with E-state index in [1.54, 1.807) is 0 Å². The molecule has 0 saturated carbocycles. The Kier molecular flexibility index (Phi) is 4.29. The standard InChI is InChI=1S/C13H18N2O4S/c1-19-13(16)6-8-20(17,18)15-7-5-11-10(9-15)3-2-4-12(11)14/h2-4H,5-9,14H2,1H3. The van der Waals surface area contributed by atoms with Crippen LogP contribution in [0.3, 0.4) is 0 Å². The van der Waals surface area contributed by atoms with E-state index in [9.17, 15) is 13.2 Å². The van der Waals surface area contributed by atoms with Crippen LogP contribution in [0, 0.1) is 0 Å². The lowest BCUT2D eigenvalue weighted by molar-refractivity contribution is -0.140. The van der Waals surface area contributed by atoms with E-state index in [2.05, 4.69) is 4.74 Å². The van der Waals surface area contributed by atoms with Gasteiger partial charge in [0, 0.05) is 18.8 Å². The maximum Gasteiger partial charge on any atom is 0.306 e. The minimum absolute atomic E-state index is 0.126. The first-order chi connectivity index (χ1) is 9.44. The number of carbonyl (C=O) groups excluding carboxylic acids is 1. The number of nitrogens with zero attached hydrogens (tertiary/aromatic N) is 1. The van der Waals surface area contributed by atoms with E-state index in [0.717, 1.165) is 11.1 Å². The smallest absolute Gasteiger partial charge is 0.306 e. The fraction of sp³-hybridized carbons (Fsp3) is 0.462. The Labute approximate surface area is 118 Å². The normalized spacial score (nSPS) is 15.7. The SMILES string of the molecule is COC(=O)CCS(=O)(=O)N1CCc2c(N)cccc2C1. The fourth-order valence-corrected chi connectivity index (χ4v) is 3.68. The van der Waals surface area contributed by atoms with Gasteiger partial charge in [-0.15, -0.1) is 0 Å². The molecular weight excluding hydrogens is 280 g/mol. The summed E-state index contributed by atoms with van der Waals surface area (Å²) in [5, 5.41) is 0. The number of anilines is 1. The summed E-state index contributed by atoms with van der Waals surface area (Å²) in [5.74, 6) is -0.743. The number of carbonyl (C=O) groups is 1. The van der Waals surface area contributed by atoms with Gasteiger partial charge in [0.2, 0.25) is 10.0 Å². The average Bonchev–Trinajstić information content (AvgIpc) is 2.44. The molecular formula is C13H18N2O4S. The van der Waals surface area contributed by atoms with Crippen LogP contribution in [0.2, 0.25) is 0 Å². The summed E-state index contributed by atoms with van der Waals surface area (Å²) in [6.07, 6.45) is 0.471. The van der Waals surface area contributed by atoms with Crippen molar-refractivity contribution in [1.82, 2.24) is 4.31 Å². The van der Waals surface area contributed by atoms with Crippen molar-refractivity contribution >= 4 is 21.7 Å². The molecule has 110 valence electrons. The van der Waals surface area contributed by atoms with Crippen LogP contribution in [0.5, 0.6) is 0 Å².